The summed E-state index contributed by atoms with van der Waals surface area (Å²) < 4.78 is 4.19. The van der Waals surface area contributed by atoms with Crippen LogP contribution in [0.15, 0.2) is 45.3 Å². The van der Waals surface area contributed by atoms with Gasteiger partial charge in [-0.25, -0.2) is 9.78 Å². The Morgan fingerprint density at radius 1 is 1.14 bits per heavy atom. The van der Waals surface area contributed by atoms with Crippen LogP contribution >= 0.6 is 0 Å². The summed E-state index contributed by atoms with van der Waals surface area (Å²) in [5, 5.41) is 4.22. The first-order valence-electron chi connectivity index (χ1n) is 8.98. The molecule has 28 heavy (non-hydrogen) atoms. The lowest BCUT2D eigenvalue weighted by molar-refractivity contribution is 0.0733. The van der Waals surface area contributed by atoms with Gasteiger partial charge in [0.2, 0.25) is 0 Å². The summed E-state index contributed by atoms with van der Waals surface area (Å²) in [6.45, 7) is 0.423. The van der Waals surface area contributed by atoms with Crippen molar-refractivity contribution in [3.05, 3.63) is 57.0 Å². The van der Waals surface area contributed by atoms with Crippen molar-refractivity contribution in [2.24, 2.45) is 19.3 Å². The second-order valence-corrected chi connectivity index (χ2v) is 7.19. The summed E-state index contributed by atoms with van der Waals surface area (Å²) in [5.41, 5.74) is 3.00. The van der Waals surface area contributed by atoms with Crippen LogP contribution in [0.4, 0.5) is 5.69 Å². The van der Waals surface area contributed by atoms with Crippen LogP contribution in [-0.4, -0.2) is 44.6 Å². The molecule has 0 saturated heterocycles. The highest BCUT2D eigenvalue weighted by molar-refractivity contribution is 6.01. The summed E-state index contributed by atoms with van der Waals surface area (Å²) in [6, 6.07) is 8.13. The summed E-state index contributed by atoms with van der Waals surface area (Å²) in [7, 11) is 7.06. The fourth-order valence-corrected chi connectivity index (χ4v) is 3.40. The van der Waals surface area contributed by atoms with E-state index >= 15 is 0 Å². The van der Waals surface area contributed by atoms with Gasteiger partial charge in [-0.15, -0.1) is 0 Å². The lowest BCUT2D eigenvalue weighted by atomic mass is 10.0. The highest BCUT2D eigenvalue weighted by Crippen LogP contribution is 2.21. The molecule has 0 bridgehead atoms. The number of fused-ring (bicyclic) bond motifs is 1. The van der Waals surface area contributed by atoms with Crippen LogP contribution in [0.25, 0.3) is 11.2 Å². The monoisotopic (exact) mass is 382 g/mol. The number of oxime groups is 1. The number of aryl methyl sites for hydroxylation is 1. The van der Waals surface area contributed by atoms with E-state index in [0.29, 0.717) is 24.1 Å². The molecule has 1 aromatic carbocycles. The zero-order chi connectivity index (χ0) is 20.0. The normalized spacial score (nSPS) is 16.3. The van der Waals surface area contributed by atoms with Gasteiger partial charge in [-0.05, 0) is 17.7 Å². The van der Waals surface area contributed by atoms with Gasteiger partial charge in [0.05, 0.1) is 18.6 Å². The van der Waals surface area contributed by atoms with E-state index in [4.69, 9.17) is 4.84 Å². The minimum atomic E-state index is -0.397. The molecule has 9 heteroatoms. The summed E-state index contributed by atoms with van der Waals surface area (Å²) in [4.78, 5) is 36.5. The van der Waals surface area contributed by atoms with E-state index in [1.54, 1.807) is 17.9 Å². The third-order valence-corrected chi connectivity index (χ3v) is 5.07. The molecule has 1 atom stereocenters. The lowest BCUT2D eigenvalue weighted by Crippen LogP contribution is -2.37. The Kier molecular flexibility index (Phi) is 4.29. The predicted octanol–water partition coefficient (Wildman–Crippen LogP) is 0.693. The maximum Gasteiger partial charge on any atom is 0.332 e. The molecular weight excluding hydrogens is 360 g/mol. The van der Waals surface area contributed by atoms with E-state index < -0.39 is 5.69 Å². The van der Waals surface area contributed by atoms with Crippen molar-refractivity contribution in [3.63, 3.8) is 0 Å². The lowest BCUT2D eigenvalue weighted by Gasteiger charge is -2.12. The number of anilines is 1. The average molecular weight is 382 g/mol. The van der Waals surface area contributed by atoms with Crippen molar-refractivity contribution < 1.29 is 4.84 Å². The zero-order valence-electron chi connectivity index (χ0n) is 16.3. The molecule has 0 amide bonds. The van der Waals surface area contributed by atoms with E-state index in [1.807, 2.05) is 43.3 Å². The molecule has 1 unspecified atom stereocenters. The Labute approximate surface area is 161 Å². The molecule has 0 fully saturated rings. The quantitative estimate of drug-likeness (QED) is 0.663. The van der Waals surface area contributed by atoms with Crippen LogP contribution in [0.1, 0.15) is 12.0 Å². The van der Waals surface area contributed by atoms with E-state index in [-0.39, 0.29) is 11.7 Å². The van der Waals surface area contributed by atoms with E-state index in [9.17, 15) is 9.59 Å². The number of rotatable bonds is 4. The van der Waals surface area contributed by atoms with Gasteiger partial charge in [-0.1, -0.05) is 17.3 Å². The number of hydrogen-bond donors (Lipinski definition) is 0. The van der Waals surface area contributed by atoms with Crippen LogP contribution in [0.5, 0.6) is 0 Å². The smallest absolute Gasteiger partial charge is 0.332 e. The fourth-order valence-electron chi connectivity index (χ4n) is 3.40. The minimum Gasteiger partial charge on any atom is -0.390 e. The molecule has 1 aliphatic rings. The van der Waals surface area contributed by atoms with E-state index in [2.05, 4.69) is 10.1 Å². The molecule has 1 aliphatic heterocycles. The van der Waals surface area contributed by atoms with Crippen molar-refractivity contribution in [1.82, 2.24) is 18.7 Å². The van der Waals surface area contributed by atoms with Gasteiger partial charge in [-0.3, -0.25) is 13.9 Å². The molecule has 146 valence electrons. The van der Waals surface area contributed by atoms with Crippen LogP contribution in [0.2, 0.25) is 0 Å². The highest BCUT2D eigenvalue weighted by Gasteiger charge is 2.24. The van der Waals surface area contributed by atoms with Crippen molar-refractivity contribution >= 4 is 22.6 Å². The first-order valence-corrected chi connectivity index (χ1v) is 8.98. The Balaban J connectivity index is 1.56. The molecule has 0 spiro atoms. The van der Waals surface area contributed by atoms with Gasteiger partial charge in [0.25, 0.3) is 5.56 Å². The van der Waals surface area contributed by atoms with Gasteiger partial charge < -0.3 is 14.3 Å². The fraction of sp³-hybridized carbons (Fsp3) is 0.368. The molecule has 2 aromatic heterocycles. The van der Waals surface area contributed by atoms with Crippen LogP contribution in [0.3, 0.4) is 0 Å². The topological polar surface area (TPSA) is 86.7 Å². The highest BCUT2D eigenvalue weighted by atomic mass is 16.6. The maximum absolute atomic E-state index is 12.5. The largest absolute Gasteiger partial charge is 0.390 e. The second kappa shape index (κ2) is 6.66. The molecule has 0 aliphatic carbocycles. The predicted molar refractivity (Wildman–Crippen MR) is 107 cm³/mol. The molecule has 3 heterocycles. The Hall–Kier alpha value is -3.36. The maximum atomic E-state index is 12.5. The number of aromatic nitrogens is 4. The summed E-state index contributed by atoms with van der Waals surface area (Å²) in [5.74, 6) is 0. The van der Waals surface area contributed by atoms with Crippen molar-refractivity contribution in [1.29, 1.82) is 0 Å². The number of benzene rings is 1. The van der Waals surface area contributed by atoms with Gasteiger partial charge in [0.1, 0.15) is 0 Å². The van der Waals surface area contributed by atoms with Gasteiger partial charge in [-0.2, -0.15) is 0 Å². The van der Waals surface area contributed by atoms with Gasteiger partial charge >= 0.3 is 5.69 Å². The van der Waals surface area contributed by atoms with Gasteiger partial charge in [0, 0.05) is 40.3 Å². The van der Waals surface area contributed by atoms with Crippen molar-refractivity contribution in [2.45, 2.75) is 19.1 Å². The van der Waals surface area contributed by atoms with Gasteiger partial charge in [0.15, 0.2) is 17.3 Å². The summed E-state index contributed by atoms with van der Waals surface area (Å²) >= 11 is 0. The second-order valence-electron chi connectivity index (χ2n) is 7.19. The first-order chi connectivity index (χ1) is 13.4. The Morgan fingerprint density at radius 2 is 1.86 bits per heavy atom. The van der Waals surface area contributed by atoms with E-state index in [0.717, 1.165) is 21.5 Å². The number of hydrogen-bond acceptors (Lipinski definition) is 6. The molecule has 0 saturated carbocycles. The van der Waals surface area contributed by atoms with Crippen LogP contribution < -0.4 is 16.1 Å². The van der Waals surface area contributed by atoms with Crippen molar-refractivity contribution in [2.75, 3.05) is 19.0 Å². The molecule has 3 aromatic rings. The minimum absolute atomic E-state index is 0.206. The van der Waals surface area contributed by atoms with Crippen LogP contribution in [0, 0.1) is 0 Å². The number of nitrogens with zero attached hydrogens (tertiary/aromatic N) is 6. The Morgan fingerprint density at radius 3 is 2.54 bits per heavy atom. The summed E-state index contributed by atoms with van der Waals surface area (Å²) in [6.07, 6.45) is 1.99. The zero-order valence-corrected chi connectivity index (χ0v) is 16.3. The third kappa shape index (κ3) is 2.88. The van der Waals surface area contributed by atoms with Crippen molar-refractivity contribution in [3.8, 4) is 0 Å². The number of imidazole rings is 1. The molecule has 0 N–H and O–H groups in total. The third-order valence-electron chi connectivity index (χ3n) is 5.07. The SMILES string of the molecule is CN(C)c1ccc(C2=NOC(Cn3cnc4c3c(=O)n(C)c(=O)n4C)C2)cc1. The molecular formula is C19H22N6O3. The van der Waals surface area contributed by atoms with Crippen LogP contribution in [-0.2, 0) is 25.5 Å². The van der Waals surface area contributed by atoms with E-state index in [1.165, 1.54) is 11.6 Å². The first kappa shape index (κ1) is 18.0. The molecule has 9 nitrogen and oxygen atoms in total. The molecule has 0 radical (unpaired) electrons. The Bertz CT molecular complexity index is 1180. The average Bonchev–Trinajstić information content (AvgIpc) is 3.32. The standard InChI is InChI=1S/C19H22N6O3/c1-22(2)13-7-5-12(6-8-13)15-9-14(28-21-15)10-25-11-20-17-16(25)18(26)24(4)19(27)23(17)3/h5-8,11,14H,9-10H2,1-4H3. The molecule has 4 rings (SSSR count).